The molecule has 2 N–H and O–H groups in total. The van der Waals surface area contributed by atoms with Gasteiger partial charge in [-0.2, -0.15) is 0 Å². The van der Waals surface area contributed by atoms with Crippen molar-refractivity contribution in [1.29, 1.82) is 0 Å². The van der Waals surface area contributed by atoms with Crippen LogP contribution in [0.5, 0.6) is 0 Å². The molecule has 0 aliphatic heterocycles. The Morgan fingerprint density at radius 3 is 2.50 bits per heavy atom. The van der Waals surface area contributed by atoms with Gasteiger partial charge in [0.15, 0.2) is 0 Å². The lowest BCUT2D eigenvalue weighted by Crippen LogP contribution is -2.33. The van der Waals surface area contributed by atoms with Crippen molar-refractivity contribution >= 4 is 27.4 Å². The van der Waals surface area contributed by atoms with Crippen LogP contribution in [-0.4, -0.2) is 26.0 Å². The first-order chi connectivity index (χ1) is 9.26. The number of nitrogens with zero attached hydrogens (tertiary/aromatic N) is 1. The Labute approximate surface area is 126 Å². The zero-order chi connectivity index (χ0) is 15.3. The van der Waals surface area contributed by atoms with E-state index in [0.29, 0.717) is 23.3 Å². The van der Waals surface area contributed by atoms with Crippen LogP contribution in [-0.2, 0) is 10.0 Å². The largest absolute Gasteiger partial charge is 0.369 e. The van der Waals surface area contributed by atoms with Gasteiger partial charge in [0.25, 0.3) is 0 Å². The van der Waals surface area contributed by atoms with Crippen molar-refractivity contribution in [2.75, 3.05) is 11.9 Å². The molecule has 1 aromatic rings. The van der Waals surface area contributed by atoms with Crippen molar-refractivity contribution in [1.82, 2.24) is 9.71 Å². The summed E-state index contributed by atoms with van der Waals surface area (Å²) in [6, 6.07) is 1.28. The molecule has 1 rings (SSSR count). The maximum atomic E-state index is 12.2. The first-order valence-corrected chi connectivity index (χ1v) is 8.54. The van der Waals surface area contributed by atoms with Gasteiger partial charge in [0.05, 0.1) is 5.02 Å². The van der Waals surface area contributed by atoms with Gasteiger partial charge in [-0.1, -0.05) is 25.4 Å². The molecule has 0 saturated heterocycles. The fraction of sp³-hybridized carbons (Fsp3) is 0.615. The van der Waals surface area contributed by atoms with Gasteiger partial charge < -0.3 is 5.32 Å². The lowest BCUT2D eigenvalue weighted by Gasteiger charge is -2.16. The Kier molecular flexibility index (Phi) is 6.23. The Morgan fingerprint density at radius 2 is 2.00 bits per heavy atom. The predicted molar refractivity (Wildman–Crippen MR) is 82.6 cm³/mol. The summed E-state index contributed by atoms with van der Waals surface area (Å²) in [4.78, 5) is 4.12. The molecule has 7 heteroatoms. The van der Waals surface area contributed by atoms with Crippen LogP contribution in [0.25, 0.3) is 0 Å². The summed E-state index contributed by atoms with van der Waals surface area (Å²) >= 11 is 6.02. The minimum Gasteiger partial charge on any atom is -0.369 e. The number of anilines is 1. The highest BCUT2D eigenvalue weighted by atomic mass is 35.5. The first kappa shape index (κ1) is 17.2. The molecule has 114 valence electrons. The maximum Gasteiger partial charge on any atom is 0.242 e. The average Bonchev–Trinajstić information content (AvgIpc) is 2.29. The van der Waals surface area contributed by atoms with Gasteiger partial charge in [-0.05, 0) is 32.3 Å². The second-order valence-electron chi connectivity index (χ2n) is 5.18. The van der Waals surface area contributed by atoms with Crippen LogP contribution in [0.3, 0.4) is 0 Å². The summed E-state index contributed by atoms with van der Waals surface area (Å²) in [5, 5.41) is 3.26. The molecule has 1 heterocycles. The van der Waals surface area contributed by atoms with Gasteiger partial charge in [-0.25, -0.2) is 18.1 Å². The van der Waals surface area contributed by atoms with E-state index < -0.39 is 10.0 Å². The molecule has 0 spiro atoms. The van der Waals surface area contributed by atoms with Crippen molar-refractivity contribution in [2.45, 2.75) is 45.1 Å². The van der Waals surface area contributed by atoms with Crippen molar-refractivity contribution in [2.24, 2.45) is 5.92 Å². The molecule has 1 aromatic heterocycles. The van der Waals surface area contributed by atoms with Crippen LogP contribution >= 0.6 is 11.6 Å². The molecule has 0 aromatic carbocycles. The van der Waals surface area contributed by atoms with Gasteiger partial charge in [0, 0.05) is 18.8 Å². The molecule has 1 unspecified atom stereocenters. The normalized spacial score (nSPS) is 13.5. The van der Waals surface area contributed by atoms with Crippen LogP contribution in [0.1, 0.15) is 34.1 Å². The van der Waals surface area contributed by atoms with Gasteiger partial charge in [-0.3, -0.25) is 0 Å². The Bertz CT molecular complexity index is 547. The standard InChI is InChI=1S/C13H22ClN3O2S/c1-5-15-13-12(14)7-11(8-16-13)20(18,19)17-10(4)6-9(2)3/h7-10,17H,5-6H2,1-4H3,(H,15,16). The van der Waals surface area contributed by atoms with Gasteiger partial charge >= 0.3 is 0 Å². The number of rotatable bonds is 7. The summed E-state index contributed by atoms with van der Waals surface area (Å²) in [5.74, 6) is 0.911. The fourth-order valence-corrected chi connectivity index (χ4v) is 3.48. The monoisotopic (exact) mass is 319 g/mol. The first-order valence-electron chi connectivity index (χ1n) is 6.68. The average molecular weight is 320 g/mol. The number of hydrogen-bond donors (Lipinski definition) is 2. The van der Waals surface area contributed by atoms with Crippen LogP contribution in [0.4, 0.5) is 5.82 Å². The second-order valence-corrected chi connectivity index (χ2v) is 7.30. The molecule has 1 atom stereocenters. The zero-order valence-electron chi connectivity index (χ0n) is 12.3. The Balaban J connectivity index is 2.90. The number of halogens is 1. The third-order valence-electron chi connectivity index (χ3n) is 2.65. The summed E-state index contributed by atoms with van der Waals surface area (Å²) in [5.41, 5.74) is 0. The number of nitrogens with one attached hydrogen (secondary N) is 2. The quantitative estimate of drug-likeness (QED) is 0.810. The predicted octanol–water partition coefficient (Wildman–Crippen LogP) is 2.88. The van der Waals surface area contributed by atoms with E-state index in [0.717, 1.165) is 6.42 Å². The fourth-order valence-electron chi connectivity index (χ4n) is 1.95. The third kappa shape index (κ3) is 4.92. The smallest absolute Gasteiger partial charge is 0.242 e. The molecule has 0 fully saturated rings. The van der Waals surface area contributed by atoms with Crippen LogP contribution in [0, 0.1) is 5.92 Å². The van der Waals surface area contributed by atoms with E-state index in [1.165, 1.54) is 12.3 Å². The van der Waals surface area contributed by atoms with Crippen LogP contribution in [0.2, 0.25) is 5.02 Å². The van der Waals surface area contributed by atoms with Crippen LogP contribution < -0.4 is 10.0 Å². The molecule has 0 radical (unpaired) electrons. The lowest BCUT2D eigenvalue weighted by atomic mass is 10.1. The van der Waals surface area contributed by atoms with Crippen molar-refractivity contribution in [3.63, 3.8) is 0 Å². The Hall–Kier alpha value is -0.850. The van der Waals surface area contributed by atoms with E-state index in [4.69, 9.17) is 11.6 Å². The van der Waals surface area contributed by atoms with E-state index >= 15 is 0 Å². The van der Waals surface area contributed by atoms with Gasteiger partial charge in [0.2, 0.25) is 10.0 Å². The van der Waals surface area contributed by atoms with Crippen LogP contribution in [0.15, 0.2) is 17.2 Å². The van der Waals surface area contributed by atoms with Crippen molar-refractivity contribution in [3.05, 3.63) is 17.3 Å². The Morgan fingerprint density at radius 1 is 1.35 bits per heavy atom. The molecule has 20 heavy (non-hydrogen) atoms. The maximum absolute atomic E-state index is 12.2. The van der Waals surface area contributed by atoms with E-state index in [1.54, 1.807) is 0 Å². The summed E-state index contributed by atoms with van der Waals surface area (Å²) < 4.78 is 27.1. The minimum atomic E-state index is -3.58. The number of pyridine rings is 1. The summed E-state index contributed by atoms with van der Waals surface area (Å²) in [6.07, 6.45) is 2.09. The SMILES string of the molecule is CCNc1ncc(S(=O)(=O)NC(C)CC(C)C)cc1Cl. The van der Waals surface area contributed by atoms with Gasteiger partial charge in [-0.15, -0.1) is 0 Å². The molecule has 0 aliphatic rings. The highest BCUT2D eigenvalue weighted by molar-refractivity contribution is 7.89. The highest BCUT2D eigenvalue weighted by Gasteiger charge is 2.19. The number of hydrogen-bond acceptors (Lipinski definition) is 4. The lowest BCUT2D eigenvalue weighted by molar-refractivity contribution is 0.482. The molecule has 0 saturated carbocycles. The number of sulfonamides is 1. The summed E-state index contributed by atoms with van der Waals surface area (Å²) in [7, 11) is -3.58. The highest BCUT2D eigenvalue weighted by Crippen LogP contribution is 2.22. The number of aromatic nitrogens is 1. The van der Waals surface area contributed by atoms with E-state index in [9.17, 15) is 8.42 Å². The topological polar surface area (TPSA) is 71.1 Å². The molecule has 0 aliphatic carbocycles. The molecule has 5 nitrogen and oxygen atoms in total. The molecular formula is C13H22ClN3O2S. The third-order valence-corrected chi connectivity index (χ3v) is 4.50. The molecule has 0 bridgehead atoms. The van der Waals surface area contributed by atoms with Crippen molar-refractivity contribution in [3.8, 4) is 0 Å². The van der Waals surface area contributed by atoms with E-state index in [-0.39, 0.29) is 10.9 Å². The summed E-state index contributed by atoms with van der Waals surface area (Å²) in [6.45, 7) is 8.53. The van der Waals surface area contributed by atoms with E-state index in [2.05, 4.69) is 28.9 Å². The molecular weight excluding hydrogens is 298 g/mol. The van der Waals surface area contributed by atoms with Gasteiger partial charge in [0.1, 0.15) is 10.7 Å². The second kappa shape index (κ2) is 7.24. The minimum absolute atomic E-state index is 0.0831. The zero-order valence-corrected chi connectivity index (χ0v) is 13.8. The molecule has 0 amide bonds. The van der Waals surface area contributed by atoms with E-state index in [1.807, 2.05) is 13.8 Å². The van der Waals surface area contributed by atoms with Crippen molar-refractivity contribution < 1.29 is 8.42 Å².